The van der Waals surface area contributed by atoms with Crippen molar-refractivity contribution in [3.05, 3.63) is 39.4 Å². The Kier molecular flexibility index (Phi) is 3.35. The van der Waals surface area contributed by atoms with Crippen LogP contribution in [0, 0.1) is 10.1 Å². The van der Waals surface area contributed by atoms with Gasteiger partial charge in [-0.1, -0.05) is 16.2 Å². The molecule has 0 aliphatic carbocycles. The van der Waals surface area contributed by atoms with Crippen LogP contribution in [-0.2, 0) is 12.1 Å². The summed E-state index contributed by atoms with van der Waals surface area (Å²) in [4.78, 5) is 9.83. The molecule has 0 saturated carbocycles. The van der Waals surface area contributed by atoms with Crippen LogP contribution < -0.4 is 0 Å². The van der Waals surface area contributed by atoms with Gasteiger partial charge in [0.25, 0.3) is 11.4 Å². The Labute approximate surface area is 87.8 Å². The van der Waals surface area contributed by atoms with Gasteiger partial charge in [-0.2, -0.15) is 8.78 Å². The van der Waals surface area contributed by atoms with Gasteiger partial charge in [0.2, 0.25) is 0 Å². The molecule has 1 atom stereocenters. The summed E-state index contributed by atoms with van der Waals surface area (Å²) in [7, 11) is 1.37. The van der Waals surface area contributed by atoms with E-state index in [2.05, 4.69) is 0 Å². The standard InChI is InChI=1S/C9H10F2NO2P/c1-2-6-3-7(9(10,11)15)5-8(4-6)12(13)14/h3-5H,2,15H2,1H3. The van der Waals surface area contributed by atoms with E-state index in [0.717, 1.165) is 6.07 Å². The quantitative estimate of drug-likeness (QED) is 0.457. The molecule has 0 aromatic heterocycles. The molecular weight excluding hydrogens is 223 g/mol. The number of hydrogen-bond acceptors (Lipinski definition) is 2. The number of halogens is 2. The predicted molar refractivity (Wildman–Crippen MR) is 56.1 cm³/mol. The Morgan fingerprint density at radius 2 is 2.07 bits per heavy atom. The number of nitro groups is 1. The number of alkyl halides is 2. The third kappa shape index (κ3) is 2.93. The number of non-ortho nitro benzene ring substituents is 1. The number of hydrogen-bond donors (Lipinski definition) is 0. The monoisotopic (exact) mass is 233 g/mol. The maximum Gasteiger partial charge on any atom is 0.284 e. The van der Waals surface area contributed by atoms with Crippen LogP contribution in [0.25, 0.3) is 0 Å². The molecule has 0 aliphatic heterocycles. The van der Waals surface area contributed by atoms with Crippen molar-refractivity contribution in [1.29, 1.82) is 0 Å². The fraction of sp³-hybridized carbons (Fsp3) is 0.333. The first-order chi connectivity index (χ1) is 6.84. The molecular formula is C9H10F2NO2P. The summed E-state index contributed by atoms with van der Waals surface area (Å²) in [6.07, 6.45) is 0.482. The van der Waals surface area contributed by atoms with Gasteiger partial charge in [-0.25, -0.2) is 0 Å². The average Bonchev–Trinajstić information content (AvgIpc) is 2.15. The van der Waals surface area contributed by atoms with Crippen LogP contribution in [0.4, 0.5) is 14.5 Å². The normalized spacial score (nSPS) is 11.5. The Morgan fingerprint density at radius 3 is 2.47 bits per heavy atom. The lowest BCUT2D eigenvalue weighted by atomic mass is 10.1. The van der Waals surface area contributed by atoms with E-state index in [1.54, 1.807) is 6.92 Å². The molecule has 0 amide bonds. The summed E-state index contributed by atoms with van der Waals surface area (Å²) >= 11 is 0. The highest BCUT2D eigenvalue weighted by Crippen LogP contribution is 2.37. The summed E-state index contributed by atoms with van der Waals surface area (Å²) in [5.41, 5.74) is -3.25. The summed E-state index contributed by atoms with van der Waals surface area (Å²) in [6, 6.07) is 3.48. The van der Waals surface area contributed by atoms with Crippen molar-refractivity contribution in [1.82, 2.24) is 0 Å². The van der Waals surface area contributed by atoms with Crippen LogP contribution in [0.5, 0.6) is 0 Å². The van der Waals surface area contributed by atoms with E-state index < -0.39 is 10.6 Å². The van der Waals surface area contributed by atoms with E-state index in [9.17, 15) is 18.9 Å². The SMILES string of the molecule is CCc1cc([N+](=O)[O-])cc(C(F)(F)P)c1. The van der Waals surface area contributed by atoms with Crippen LogP contribution in [0.1, 0.15) is 18.1 Å². The highest BCUT2D eigenvalue weighted by Gasteiger charge is 2.27. The highest BCUT2D eigenvalue weighted by atomic mass is 31.0. The van der Waals surface area contributed by atoms with Crippen molar-refractivity contribution in [3.8, 4) is 0 Å². The van der Waals surface area contributed by atoms with Gasteiger partial charge >= 0.3 is 0 Å². The van der Waals surface area contributed by atoms with Crippen LogP contribution in [-0.4, -0.2) is 4.92 Å². The lowest BCUT2D eigenvalue weighted by Crippen LogP contribution is -2.04. The zero-order chi connectivity index (χ0) is 11.6. The van der Waals surface area contributed by atoms with Gasteiger partial charge < -0.3 is 0 Å². The molecule has 0 bridgehead atoms. The number of rotatable bonds is 3. The molecule has 82 valence electrons. The second kappa shape index (κ2) is 4.19. The van der Waals surface area contributed by atoms with Crippen molar-refractivity contribution in [2.45, 2.75) is 19.0 Å². The molecule has 0 aliphatic rings. The van der Waals surface area contributed by atoms with E-state index in [-0.39, 0.29) is 11.3 Å². The lowest BCUT2D eigenvalue weighted by Gasteiger charge is -2.11. The number of aryl methyl sites for hydroxylation is 1. The fourth-order valence-corrected chi connectivity index (χ4v) is 1.34. The summed E-state index contributed by atoms with van der Waals surface area (Å²) < 4.78 is 25.9. The topological polar surface area (TPSA) is 43.1 Å². The van der Waals surface area contributed by atoms with Gasteiger partial charge in [0.15, 0.2) is 0 Å². The van der Waals surface area contributed by atoms with Gasteiger partial charge in [-0.3, -0.25) is 10.1 Å². The van der Waals surface area contributed by atoms with Gasteiger partial charge in [0.1, 0.15) is 0 Å². The van der Waals surface area contributed by atoms with Gasteiger partial charge in [-0.15, -0.1) is 0 Å². The first kappa shape index (κ1) is 12.0. The molecule has 1 aromatic rings. The van der Waals surface area contributed by atoms with Crippen molar-refractivity contribution in [2.75, 3.05) is 0 Å². The van der Waals surface area contributed by atoms with E-state index >= 15 is 0 Å². The van der Waals surface area contributed by atoms with Crippen LogP contribution in [0.2, 0.25) is 0 Å². The van der Waals surface area contributed by atoms with Crippen LogP contribution in [0.15, 0.2) is 18.2 Å². The minimum absolute atomic E-state index is 0.300. The van der Waals surface area contributed by atoms with Crippen LogP contribution in [0.3, 0.4) is 0 Å². The molecule has 0 spiro atoms. The molecule has 1 unspecified atom stereocenters. The molecule has 15 heavy (non-hydrogen) atoms. The van der Waals surface area contributed by atoms with Gasteiger partial charge in [0.05, 0.1) is 4.92 Å². The van der Waals surface area contributed by atoms with E-state index in [0.29, 0.717) is 12.0 Å². The molecule has 3 nitrogen and oxygen atoms in total. The first-order valence-electron chi connectivity index (χ1n) is 4.30. The smallest absolute Gasteiger partial charge is 0.258 e. The molecule has 0 heterocycles. The zero-order valence-corrected chi connectivity index (χ0v) is 9.19. The van der Waals surface area contributed by atoms with Crippen molar-refractivity contribution in [3.63, 3.8) is 0 Å². The molecule has 0 fully saturated rings. The second-order valence-corrected chi connectivity index (χ2v) is 3.85. The number of nitro benzene ring substituents is 1. The lowest BCUT2D eigenvalue weighted by molar-refractivity contribution is -0.385. The highest BCUT2D eigenvalue weighted by molar-refractivity contribution is 7.17. The summed E-state index contributed by atoms with van der Waals surface area (Å²) in [5.74, 6) is 0. The minimum Gasteiger partial charge on any atom is -0.258 e. The maximum absolute atomic E-state index is 13.0. The predicted octanol–water partition coefficient (Wildman–Crippen LogP) is 3.08. The van der Waals surface area contributed by atoms with E-state index in [4.69, 9.17) is 0 Å². The third-order valence-electron chi connectivity index (χ3n) is 1.98. The van der Waals surface area contributed by atoms with Crippen LogP contribution >= 0.6 is 9.24 Å². The van der Waals surface area contributed by atoms with Gasteiger partial charge in [-0.05, 0) is 18.1 Å². The average molecular weight is 233 g/mol. The first-order valence-corrected chi connectivity index (χ1v) is 4.88. The van der Waals surface area contributed by atoms with Crippen molar-refractivity contribution >= 4 is 14.9 Å². The molecule has 6 heteroatoms. The minimum atomic E-state index is -3.13. The van der Waals surface area contributed by atoms with Crippen molar-refractivity contribution in [2.24, 2.45) is 0 Å². The maximum atomic E-state index is 13.0. The molecule has 0 radical (unpaired) electrons. The molecule has 1 rings (SSSR count). The molecule has 1 aromatic carbocycles. The molecule has 0 N–H and O–H groups in total. The Balaban J connectivity index is 3.30. The largest absolute Gasteiger partial charge is 0.284 e. The number of benzene rings is 1. The van der Waals surface area contributed by atoms with Gasteiger partial charge in [0, 0.05) is 17.7 Å². The van der Waals surface area contributed by atoms with E-state index in [1.807, 2.05) is 0 Å². The molecule has 0 saturated heterocycles. The number of nitrogens with zero attached hydrogens (tertiary/aromatic N) is 1. The zero-order valence-electron chi connectivity index (χ0n) is 8.04. The summed E-state index contributed by atoms with van der Waals surface area (Å²) in [6.45, 7) is 1.75. The Morgan fingerprint density at radius 1 is 1.47 bits per heavy atom. The summed E-state index contributed by atoms with van der Waals surface area (Å²) in [5, 5.41) is 10.5. The Hall–Kier alpha value is -1.09. The third-order valence-corrected chi connectivity index (χ3v) is 2.31. The van der Waals surface area contributed by atoms with Crippen molar-refractivity contribution < 1.29 is 13.7 Å². The fourth-order valence-electron chi connectivity index (χ4n) is 1.18. The second-order valence-electron chi connectivity index (χ2n) is 3.12. The Bertz CT molecular complexity index is 390. The van der Waals surface area contributed by atoms with E-state index in [1.165, 1.54) is 21.4 Å².